The number of aromatic nitrogens is 2. The Balaban J connectivity index is 0.000000400. The van der Waals surface area contributed by atoms with Gasteiger partial charge in [0.05, 0.1) is 0 Å². The molecule has 4 aromatic carbocycles. The van der Waals surface area contributed by atoms with Crippen molar-refractivity contribution in [1.29, 1.82) is 0 Å². The van der Waals surface area contributed by atoms with Crippen LogP contribution in [0.2, 0.25) is 154 Å². The number of benzene rings is 4. The average Bonchev–Trinajstić information content (AvgIpc) is 0.908. The normalized spacial score (nSPS) is 16.7. The van der Waals surface area contributed by atoms with Crippen LogP contribution in [-0.4, -0.2) is 96.9 Å². The molecule has 8 unspecified atom stereocenters. The number of rotatable bonds is 52. The lowest BCUT2D eigenvalue weighted by atomic mass is 9.85. The molecule has 2 saturated heterocycles. The molecule has 8 atom stereocenters. The molecule has 776 valence electrons. The molecule has 22 heteroatoms. The summed E-state index contributed by atoms with van der Waals surface area (Å²) in [6, 6.07) is 62.6. The molecule has 2 aromatic heterocycles. The third-order valence-electron chi connectivity index (χ3n) is 27.6. The summed E-state index contributed by atoms with van der Waals surface area (Å²) in [6.07, 6.45) is 61.1. The number of hydrogen-bond acceptors (Lipinski definition) is 12. The Labute approximate surface area is 900 Å². The Bertz CT molecular complexity index is 3550. The molecule has 0 bridgehead atoms. The second-order valence-electron chi connectivity index (χ2n) is 47.7. The Kier molecular flexibility index (Phi) is 73.5. The van der Waals surface area contributed by atoms with E-state index in [1.54, 1.807) is 6.20 Å². The molecule has 12 nitrogen and oxygen atoms in total. The van der Waals surface area contributed by atoms with Gasteiger partial charge in [0, 0.05) is 239 Å². The van der Waals surface area contributed by atoms with Gasteiger partial charge in [-0.15, -0.1) is 0 Å². The molecule has 6 aromatic rings. The molecule has 12 N–H and O–H groups in total. The SMILES string of the molecule is C[Si](C)(C)CCCCC(N)C1CCOCC1.C[Si](C)(C)CCCCC(N)c1ccccc1.C[Si](C)(C)CCCCC(N)c1cccnc1.C[Si](C)(C)CCCCC(NI)C1CCOCC1.C[Si](C)(C)CCCCC(NI)c1ccccc1.C[Si](C)(C)CCCCC(NI)c1cccnc1.INC(CCCCC1CCCCC1)c1ccccc1.NC(CCCCC1CCCCC1)c1ccccc1. The molecule has 2 aliphatic carbocycles. The van der Waals surface area contributed by atoms with Crippen molar-refractivity contribution in [3.63, 3.8) is 0 Å². The van der Waals surface area contributed by atoms with E-state index in [4.69, 9.17) is 32.4 Å². The second kappa shape index (κ2) is 77.4. The van der Waals surface area contributed by atoms with Gasteiger partial charge in [0.25, 0.3) is 0 Å². The number of ether oxygens (including phenoxy) is 2. The summed E-state index contributed by atoms with van der Waals surface area (Å²) in [6.45, 7) is 47.8. The lowest BCUT2D eigenvalue weighted by Gasteiger charge is -2.29. The van der Waals surface area contributed by atoms with Gasteiger partial charge < -0.3 is 32.4 Å². The molecule has 2 aliphatic heterocycles. The number of unbranched alkanes of at least 4 members (excludes halogenated alkanes) is 8. The Hall–Kier alpha value is -0.999. The summed E-state index contributed by atoms with van der Waals surface area (Å²) in [4.78, 5) is 8.28. The third kappa shape index (κ3) is 70.7. The standard InChI is InChI=1S/C17H26IN.C17H27N.C14H24INSi.C14H25NSi.C13H23IN2Si.C13H28INOSi.C13H24N2Si.C13H29NOSi/c18-19-17(16-12-5-2-6-13-16)14-8-7-11-15-9-3-1-4-10-15;18-17(16-12-5-2-6-13-16)14-8-7-11-15-9-3-1-4-10-15;1-17(2,3)12-8-7-11-14(16-15)13-9-5-4-6-10-13;1-16(2,3)12-8-7-11-14(15)13-9-5-4-6-10-13;1-17(2,3)10-5-4-8-13(16-14)12-7-6-9-15-11-12;1-17(2,3)11-5-4-6-13(15-14)12-7-9-16-10-8-12;1-16(2,3)10-5-4-8-13(14)12-7-6-9-15-11-12;1-16(2,3)11-5-4-6-13(14)12-7-9-15-10-8-12/h2,5-6,12-13,15,17,19H,1,3-4,7-11,14H2;2,5-6,12-13,15,17H,1,3-4,7-11,14,18H2;4-6,9-10,14,16H,7-8,11-12H2,1-3H3;4-6,9-10,14H,7-8,11-12,15H2,1-3H3;6-7,9,11,13,16H,4-5,8,10H2,1-3H3;12-13,15H,4-11H2,1-3H3;6-7,9,11,13H,4-5,8,10,14H2,1-3H3;12-13H,4-11,14H2,1-3H3. The Morgan fingerprint density at radius 1 is 0.279 bits per heavy atom. The molecular formula is C114H206I4N10O2Si6. The fourth-order valence-electron chi connectivity index (χ4n) is 18.8. The first-order valence-electron chi connectivity index (χ1n) is 54.4. The van der Waals surface area contributed by atoms with Crippen LogP contribution >= 0.6 is 91.5 Å². The number of nitrogens with zero attached hydrogens (tertiary/aromatic N) is 2. The van der Waals surface area contributed by atoms with Crippen LogP contribution in [-0.2, 0) is 9.47 Å². The van der Waals surface area contributed by atoms with Crippen LogP contribution in [0.5, 0.6) is 0 Å². The number of pyridine rings is 2. The predicted molar refractivity (Wildman–Crippen MR) is 653 cm³/mol. The third-order valence-corrected chi connectivity index (χ3v) is 41.8. The van der Waals surface area contributed by atoms with Gasteiger partial charge in [-0.25, -0.2) is 0 Å². The van der Waals surface area contributed by atoms with Gasteiger partial charge in [-0.2, -0.15) is 0 Å². The molecule has 136 heavy (non-hydrogen) atoms. The highest BCUT2D eigenvalue weighted by atomic mass is 127. The van der Waals surface area contributed by atoms with Crippen LogP contribution < -0.4 is 37.1 Å². The highest BCUT2D eigenvalue weighted by molar-refractivity contribution is 14.1. The van der Waals surface area contributed by atoms with Crippen molar-refractivity contribution in [2.24, 2.45) is 46.6 Å². The molecule has 4 heterocycles. The minimum absolute atomic E-state index is 0.162. The highest BCUT2D eigenvalue weighted by Gasteiger charge is 2.26. The number of nitrogens with two attached hydrogens (primary N) is 4. The van der Waals surface area contributed by atoms with E-state index in [0.717, 1.165) is 74.9 Å². The van der Waals surface area contributed by atoms with E-state index >= 15 is 0 Å². The van der Waals surface area contributed by atoms with Gasteiger partial charge in [-0.3, -0.25) is 24.1 Å². The maximum atomic E-state index is 6.25. The van der Waals surface area contributed by atoms with Crippen LogP contribution in [0.25, 0.3) is 0 Å². The lowest BCUT2D eigenvalue weighted by Crippen LogP contribution is -2.34. The quantitative estimate of drug-likeness (QED) is 0.00780. The van der Waals surface area contributed by atoms with Gasteiger partial charge in [0.15, 0.2) is 0 Å². The van der Waals surface area contributed by atoms with E-state index in [1.807, 2.05) is 36.8 Å². The number of halogens is 4. The van der Waals surface area contributed by atoms with Gasteiger partial charge in [0.1, 0.15) is 0 Å². The van der Waals surface area contributed by atoms with Crippen molar-refractivity contribution in [2.45, 2.75) is 459 Å². The van der Waals surface area contributed by atoms with E-state index in [2.05, 4.69) is 361 Å². The van der Waals surface area contributed by atoms with Crippen molar-refractivity contribution >= 4 is 140 Å². The molecule has 4 fully saturated rings. The molecule has 4 aliphatic rings. The largest absolute Gasteiger partial charge is 0.381 e. The second-order valence-corrected chi connectivity index (χ2v) is 83.9. The molecule has 0 radical (unpaired) electrons. The summed E-state index contributed by atoms with van der Waals surface area (Å²) < 4.78 is 24.5. The van der Waals surface area contributed by atoms with E-state index in [1.165, 1.54) is 302 Å². The van der Waals surface area contributed by atoms with Crippen molar-refractivity contribution in [2.75, 3.05) is 26.4 Å². The summed E-state index contributed by atoms with van der Waals surface area (Å²) >= 11 is 9.17. The van der Waals surface area contributed by atoms with E-state index < -0.39 is 48.4 Å². The van der Waals surface area contributed by atoms with Crippen LogP contribution in [0.4, 0.5) is 0 Å². The molecule has 10 rings (SSSR count). The molecule has 2 saturated carbocycles. The van der Waals surface area contributed by atoms with E-state index in [0.29, 0.717) is 30.2 Å². The first kappa shape index (κ1) is 129. The van der Waals surface area contributed by atoms with Crippen LogP contribution in [0.3, 0.4) is 0 Å². The monoisotopic (exact) mass is 2420 g/mol. The first-order valence-corrected chi connectivity index (χ1v) is 81.0. The minimum Gasteiger partial charge on any atom is -0.381 e. The Morgan fingerprint density at radius 2 is 0.544 bits per heavy atom. The van der Waals surface area contributed by atoms with Crippen molar-refractivity contribution in [3.05, 3.63) is 204 Å². The molecule has 0 amide bonds. The topological polar surface area (TPSA) is 196 Å². The van der Waals surface area contributed by atoms with Crippen LogP contribution in [0.15, 0.2) is 170 Å². The van der Waals surface area contributed by atoms with Crippen molar-refractivity contribution in [3.8, 4) is 0 Å². The van der Waals surface area contributed by atoms with Gasteiger partial charge >= 0.3 is 0 Å². The Morgan fingerprint density at radius 3 is 0.853 bits per heavy atom. The molecule has 0 spiro atoms. The van der Waals surface area contributed by atoms with Gasteiger partial charge in [0.2, 0.25) is 0 Å². The summed E-state index contributed by atoms with van der Waals surface area (Å²) in [7, 11) is -5.06. The summed E-state index contributed by atoms with van der Waals surface area (Å²) in [5.74, 6) is 3.62. The maximum absolute atomic E-state index is 6.25. The summed E-state index contributed by atoms with van der Waals surface area (Å²) in [5, 5.41) is 0. The molecular weight excluding hydrogens is 2220 g/mol. The van der Waals surface area contributed by atoms with Gasteiger partial charge in [-0.1, -0.05) is 467 Å². The maximum Gasteiger partial charge on any atom is 0.0469 e. The zero-order chi connectivity index (χ0) is 100. The lowest BCUT2D eigenvalue weighted by molar-refractivity contribution is 0.0562. The minimum atomic E-state index is -0.862. The zero-order valence-corrected chi connectivity index (χ0v) is 105. The van der Waals surface area contributed by atoms with E-state index in [-0.39, 0.29) is 18.1 Å². The van der Waals surface area contributed by atoms with Gasteiger partial charge in [-0.05, 0) is 146 Å². The first-order chi connectivity index (χ1) is 64.8. The number of hydrogen-bond donors (Lipinski definition) is 8. The smallest absolute Gasteiger partial charge is 0.0469 e. The van der Waals surface area contributed by atoms with E-state index in [9.17, 15) is 0 Å². The average molecular weight is 2430 g/mol. The highest BCUT2D eigenvalue weighted by Crippen LogP contribution is 2.34. The fraction of sp³-hybridized carbons (Fsp3) is 0.702. The fourth-order valence-corrected chi connectivity index (χ4v) is 29.5. The predicted octanol–water partition coefficient (Wildman–Crippen LogP) is 35.6. The zero-order valence-electron chi connectivity index (χ0n) is 90.0. The van der Waals surface area contributed by atoms with Crippen molar-refractivity contribution < 1.29 is 9.47 Å². The number of nitrogens with one attached hydrogen (secondary N) is 4. The summed E-state index contributed by atoms with van der Waals surface area (Å²) in [5.41, 5.74) is 32.6. The van der Waals surface area contributed by atoms with Crippen molar-refractivity contribution in [1.82, 2.24) is 24.1 Å². The van der Waals surface area contributed by atoms with Crippen LogP contribution in [0.1, 0.15) is 326 Å². The van der Waals surface area contributed by atoms with Crippen LogP contribution in [0, 0.1) is 23.7 Å².